The van der Waals surface area contributed by atoms with E-state index in [1.807, 2.05) is 6.07 Å². The number of aryl methyl sites for hydroxylation is 1. The van der Waals surface area contributed by atoms with Crippen LogP contribution in [-0.2, 0) is 16.8 Å². The number of likely N-dealkylation sites (tertiary alicyclic amines) is 1. The molecule has 7 rings (SSSR count). The van der Waals surface area contributed by atoms with Gasteiger partial charge in [-0.2, -0.15) is 5.26 Å². The van der Waals surface area contributed by atoms with Crippen LogP contribution in [0.4, 0.5) is 9.18 Å². The summed E-state index contributed by atoms with van der Waals surface area (Å²) in [5, 5.41) is 22.3. The molecule has 276 valence electrons. The highest BCUT2D eigenvalue weighted by Gasteiger charge is 2.45. The number of nitriles is 1. The lowest BCUT2D eigenvalue weighted by Crippen LogP contribution is -2.42. The predicted octanol–water partition coefficient (Wildman–Crippen LogP) is 9.76. The molecule has 0 radical (unpaired) electrons. The van der Waals surface area contributed by atoms with Crippen molar-refractivity contribution in [1.82, 2.24) is 19.4 Å². The van der Waals surface area contributed by atoms with Crippen molar-refractivity contribution in [3.8, 4) is 28.5 Å². The molecular weight excluding hydrogens is 738 g/mol. The van der Waals surface area contributed by atoms with Crippen LogP contribution in [0.2, 0.25) is 15.1 Å². The summed E-state index contributed by atoms with van der Waals surface area (Å²) in [5.74, 6) is -0.340. The van der Waals surface area contributed by atoms with E-state index in [2.05, 4.69) is 22.5 Å². The number of nitrogens with two attached hydrogens (primary N) is 1. The first-order valence-electron chi connectivity index (χ1n) is 17.8. The normalized spacial score (nSPS) is 20.2. The molecule has 1 amide bonds. The number of ether oxygens (including phenoxy) is 1. The lowest BCUT2D eigenvalue weighted by atomic mass is 9.70. The van der Waals surface area contributed by atoms with Crippen LogP contribution in [-0.4, -0.2) is 50.8 Å². The third-order valence-electron chi connectivity index (χ3n) is 10.9. The number of hydrogen-bond donors (Lipinski definition) is 2. The molecule has 4 atom stereocenters. The highest BCUT2D eigenvalue weighted by atomic mass is 35.5. The van der Waals surface area contributed by atoms with Gasteiger partial charge in [-0.1, -0.05) is 53.9 Å². The molecule has 3 aromatic heterocycles. The van der Waals surface area contributed by atoms with E-state index in [0.29, 0.717) is 68.9 Å². The summed E-state index contributed by atoms with van der Waals surface area (Å²) in [5.41, 5.74) is 9.18. The van der Waals surface area contributed by atoms with Gasteiger partial charge in [-0.25, -0.2) is 14.2 Å². The molecule has 2 fully saturated rings. The zero-order chi connectivity index (χ0) is 37.9. The van der Waals surface area contributed by atoms with Crippen LogP contribution in [0.25, 0.3) is 44.2 Å². The third-order valence-corrected chi connectivity index (χ3v) is 12.1. The summed E-state index contributed by atoms with van der Waals surface area (Å²) in [4.78, 5) is 24.5. The monoisotopic (exact) mass is 776 g/mol. The summed E-state index contributed by atoms with van der Waals surface area (Å²) in [6.07, 6.45) is 3.78. The molecule has 2 aromatic carbocycles. The minimum Gasteiger partial charge on any atom is -0.453 e. The number of aromatic nitrogens is 3. The Hall–Kier alpha value is -3.98. The molecule has 1 aliphatic heterocycles. The van der Waals surface area contributed by atoms with Gasteiger partial charge in [0.1, 0.15) is 11.1 Å². The van der Waals surface area contributed by atoms with Gasteiger partial charge >= 0.3 is 6.09 Å². The number of pyridine rings is 2. The number of rotatable bonds is 8. The van der Waals surface area contributed by atoms with E-state index in [4.69, 9.17) is 50.3 Å². The minimum absolute atomic E-state index is 0.0697. The van der Waals surface area contributed by atoms with E-state index < -0.39 is 23.6 Å². The number of benzene rings is 2. The van der Waals surface area contributed by atoms with Gasteiger partial charge in [0.2, 0.25) is 0 Å². The maximum absolute atomic E-state index is 17.6. The van der Waals surface area contributed by atoms with Crippen molar-refractivity contribution >= 4 is 62.7 Å². The van der Waals surface area contributed by atoms with Gasteiger partial charge in [-0.3, -0.25) is 9.88 Å². The maximum Gasteiger partial charge on any atom is 0.410 e. The molecule has 0 unspecified atom stereocenters. The molecule has 2 aliphatic rings. The number of halogens is 4. The number of hydrogen-bond acceptors (Lipinski definition) is 7. The van der Waals surface area contributed by atoms with E-state index >= 15 is 4.39 Å². The second kappa shape index (κ2) is 14.3. The van der Waals surface area contributed by atoms with E-state index in [1.54, 1.807) is 55.3 Å². The van der Waals surface area contributed by atoms with Crippen molar-refractivity contribution in [3.05, 3.63) is 80.4 Å². The first-order valence-corrected chi connectivity index (χ1v) is 18.9. The van der Waals surface area contributed by atoms with Crippen LogP contribution in [0, 0.1) is 29.0 Å². The summed E-state index contributed by atoms with van der Waals surface area (Å²) in [7, 11) is 1.36. The maximum atomic E-state index is 17.6. The van der Waals surface area contributed by atoms with Crippen molar-refractivity contribution in [1.29, 1.82) is 5.26 Å². The molecule has 1 aliphatic carbocycles. The largest absolute Gasteiger partial charge is 0.453 e. The molecule has 9 nitrogen and oxygen atoms in total. The number of carbonyl (C=O) groups is 1. The van der Waals surface area contributed by atoms with Crippen LogP contribution in [0.3, 0.4) is 0 Å². The van der Waals surface area contributed by atoms with E-state index in [9.17, 15) is 15.2 Å². The van der Waals surface area contributed by atoms with Crippen LogP contribution in [0.15, 0.2) is 42.6 Å². The fraction of sp³-hybridized carbons (Fsp3) is 0.400. The first-order chi connectivity index (χ1) is 25.3. The SMILES string of the molecule is COC(=O)N1CCC[C@@H]1c1c(Cl)c2c(-c3ccc(C(C)(C)O)nc3)nc3c(F)c(-c4cccc(Cl)c4Cl)c(CCC#N)cc3c2n1[C@H]1[C@@H](CN)C[C@@H]1C. The van der Waals surface area contributed by atoms with Gasteiger partial charge in [0.05, 0.1) is 56.9 Å². The fourth-order valence-corrected chi connectivity index (χ4v) is 9.21. The number of carbonyl (C=O) groups excluding carboxylic acids is 1. The standard InChI is InChI=1S/C40H40Cl3FN6O3/c1-20-16-23(18-46)36(20)50-37-25-17-21(8-6-14-45)29(24-9-5-10-26(41)31(24)42)33(44)35(25)48-34(22-12-13-28(47-19-22)40(2,3)52)30(37)32(43)38(50)27-11-7-15-49(27)39(51)53-4/h5,9-10,12-13,17,19-20,23,27,36,52H,6-8,11,15-16,18,46H2,1-4H3/t20-,23+,27+,36+/m0/s1. The molecule has 0 spiro atoms. The van der Waals surface area contributed by atoms with Gasteiger partial charge in [0.15, 0.2) is 5.82 Å². The van der Waals surface area contributed by atoms with Crippen molar-refractivity contribution in [3.63, 3.8) is 0 Å². The molecule has 53 heavy (non-hydrogen) atoms. The smallest absolute Gasteiger partial charge is 0.410 e. The average molecular weight is 778 g/mol. The topological polar surface area (TPSA) is 130 Å². The Bertz CT molecular complexity index is 2300. The van der Waals surface area contributed by atoms with Crippen molar-refractivity contribution in [2.75, 3.05) is 20.2 Å². The number of amides is 1. The van der Waals surface area contributed by atoms with Gasteiger partial charge < -0.3 is 20.1 Å². The van der Waals surface area contributed by atoms with Gasteiger partial charge in [-0.15, -0.1) is 0 Å². The second-order valence-electron chi connectivity index (χ2n) is 14.6. The Morgan fingerprint density at radius 3 is 2.62 bits per heavy atom. The molecular formula is C40H40Cl3FN6O3. The predicted molar refractivity (Wildman–Crippen MR) is 207 cm³/mol. The number of fused-ring (bicyclic) bond motifs is 3. The van der Waals surface area contributed by atoms with Gasteiger partial charge in [0, 0.05) is 52.7 Å². The van der Waals surface area contributed by atoms with Crippen LogP contribution >= 0.6 is 34.8 Å². The lowest BCUT2D eigenvalue weighted by molar-refractivity contribution is 0.0739. The number of methoxy groups -OCH3 is 1. The molecule has 13 heteroatoms. The Balaban J connectivity index is 1.67. The Morgan fingerprint density at radius 2 is 1.98 bits per heavy atom. The highest BCUT2D eigenvalue weighted by Crippen LogP contribution is 2.54. The Kier molecular flexibility index (Phi) is 10.1. The van der Waals surface area contributed by atoms with Crippen LogP contribution in [0.1, 0.15) is 75.5 Å². The molecule has 0 bridgehead atoms. The average Bonchev–Trinajstić information content (AvgIpc) is 3.72. The quantitative estimate of drug-likeness (QED) is 0.160. The summed E-state index contributed by atoms with van der Waals surface area (Å²) in [6, 6.07) is 12.1. The van der Waals surface area contributed by atoms with Crippen molar-refractivity contribution < 1.29 is 19.0 Å². The second-order valence-corrected chi connectivity index (χ2v) is 15.8. The highest BCUT2D eigenvalue weighted by molar-refractivity contribution is 6.44. The van der Waals surface area contributed by atoms with Crippen LogP contribution in [0.5, 0.6) is 0 Å². The number of nitrogens with zero attached hydrogens (tertiary/aromatic N) is 5. The van der Waals surface area contributed by atoms with Crippen LogP contribution < -0.4 is 5.73 Å². The van der Waals surface area contributed by atoms with Crippen molar-refractivity contribution in [2.45, 2.75) is 70.6 Å². The molecule has 1 saturated heterocycles. The third kappa shape index (κ3) is 6.21. The molecule has 5 aromatic rings. The van der Waals surface area contributed by atoms with Gasteiger partial charge in [-0.05, 0) is 87.7 Å². The zero-order valence-electron chi connectivity index (χ0n) is 29.9. The summed E-state index contributed by atoms with van der Waals surface area (Å²) >= 11 is 20.8. The van der Waals surface area contributed by atoms with E-state index in [1.165, 1.54) is 7.11 Å². The summed E-state index contributed by atoms with van der Waals surface area (Å²) in [6.45, 7) is 6.37. The Morgan fingerprint density at radius 1 is 1.21 bits per heavy atom. The zero-order valence-corrected chi connectivity index (χ0v) is 32.2. The summed E-state index contributed by atoms with van der Waals surface area (Å²) < 4.78 is 25.1. The number of aliphatic hydroxyl groups is 1. The Labute approximate surface area is 322 Å². The molecule has 1 saturated carbocycles. The van der Waals surface area contributed by atoms with E-state index in [-0.39, 0.29) is 51.8 Å². The first kappa shape index (κ1) is 37.3. The molecule has 3 N–H and O–H groups in total. The molecule has 4 heterocycles. The lowest BCUT2D eigenvalue weighted by Gasteiger charge is -2.45. The van der Waals surface area contributed by atoms with Crippen molar-refractivity contribution in [2.24, 2.45) is 17.6 Å². The minimum atomic E-state index is -1.20. The fourth-order valence-electron chi connectivity index (χ4n) is 8.42. The van der Waals surface area contributed by atoms with Gasteiger partial charge in [0.25, 0.3) is 0 Å². The van der Waals surface area contributed by atoms with E-state index in [0.717, 1.165) is 18.5 Å².